The summed E-state index contributed by atoms with van der Waals surface area (Å²) < 4.78 is 28.9. The van der Waals surface area contributed by atoms with Gasteiger partial charge in [-0.15, -0.1) is 11.8 Å². The van der Waals surface area contributed by atoms with Gasteiger partial charge in [0.25, 0.3) is 10.0 Å². The van der Waals surface area contributed by atoms with Crippen LogP contribution in [0.5, 0.6) is 5.75 Å². The molecular weight excluding hydrogens is 582 g/mol. The molecule has 0 bridgehead atoms. The largest absolute Gasteiger partial charge is 0.507 e. The highest BCUT2D eigenvalue weighted by Crippen LogP contribution is 2.43. The van der Waals surface area contributed by atoms with Crippen LogP contribution in [0.15, 0.2) is 34.2 Å². The zero-order valence-electron chi connectivity index (χ0n) is 25.6. The number of phenols is 1. The van der Waals surface area contributed by atoms with E-state index in [-0.39, 0.29) is 26.8 Å². The maximum absolute atomic E-state index is 13.1. The molecule has 0 spiro atoms. The average molecular weight is 630 g/mol. The van der Waals surface area contributed by atoms with Crippen molar-refractivity contribution in [2.45, 2.75) is 85.9 Å². The Balaban J connectivity index is 0.000000675. The van der Waals surface area contributed by atoms with Crippen molar-refractivity contribution < 1.29 is 38.7 Å². The van der Waals surface area contributed by atoms with Crippen LogP contribution in [-0.4, -0.2) is 92.5 Å². The lowest BCUT2D eigenvalue weighted by molar-refractivity contribution is 0.0683. The summed E-state index contributed by atoms with van der Waals surface area (Å²) in [6.07, 6.45) is 1.38. The molecule has 2 heterocycles. The van der Waals surface area contributed by atoms with Gasteiger partial charge >= 0.3 is 5.97 Å². The van der Waals surface area contributed by atoms with Gasteiger partial charge in [0.2, 0.25) is 0 Å². The number of hydrogen-bond donors (Lipinski definition) is 6. The van der Waals surface area contributed by atoms with Gasteiger partial charge in [-0.2, -0.15) is 4.31 Å². The van der Waals surface area contributed by atoms with E-state index < -0.39 is 41.4 Å². The molecule has 0 saturated carbocycles. The van der Waals surface area contributed by atoms with Crippen LogP contribution in [0, 0.1) is 0 Å². The van der Waals surface area contributed by atoms with Gasteiger partial charge in [-0.3, -0.25) is 0 Å². The van der Waals surface area contributed by atoms with Crippen LogP contribution in [0.2, 0.25) is 0 Å². The fraction of sp³-hybridized carbons (Fsp3) is 0.621. The van der Waals surface area contributed by atoms with E-state index in [1.54, 1.807) is 11.8 Å². The number of aromatic carboxylic acids is 1. The standard InChI is InChI=1S/C25H36N2O5S2.C4H11NO3/c1-24(2,3)18-14-17(15-19(22(18)28)25(4,5)6)33-16-10-12-27(13-11-16)34(31,32)21-9-8-20(23(29)30)26(21)7;5-4(1-6,2-7)3-8/h8-9,14-16,28H,10-13H2,1-7H3,(H,29,30);6-8H,1-3,5H2. The number of nitrogens with zero attached hydrogens (tertiary/aromatic N) is 2. The fourth-order valence-corrected chi connectivity index (χ4v) is 7.29. The van der Waals surface area contributed by atoms with Crippen molar-refractivity contribution in [3.05, 3.63) is 41.1 Å². The van der Waals surface area contributed by atoms with Crippen molar-refractivity contribution in [3.8, 4) is 5.75 Å². The SMILES string of the molecule is Cn1c(C(=O)O)ccc1S(=O)(=O)N1CCC(Sc2cc(C(C)(C)C)c(O)c(C(C)(C)C)c2)CC1.NC(CO)(CO)CO. The molecule has 0 amide bonds. The zero-order chi connectivity index (χ0) is 32.3. The Morgan fingerprint density at radius 1 is 0.952 bits per heavy atom. The first-order valence-electron chi connectivity index (χ1n) is 13.8. The minimum absolute atomic E-state index is 0.000763. The van der Waals surface area contributed by atoms with E-state index >= 15 is 0 Å². The van der Waals surface area contributed by atoms with E-state index in [2.05, 4.69) is 53.7 Å². The highest BCUT2D eigenvalue weighted by Gasteiger charge is 2.33. The number of carboxylic acids is 1. The van der Waals surface area contributed by atoms with Gasteiger partial charge in [0, 0.05) is 41.4 Å². The number of benzene rings is 1. The molecule has 238 valence electrons. The van der Waals surface area contributed by atoms with Gasteiger partial charge in [-0.1, -0.05) is 41.5 Å². The second-order valence-electron chi connectivity index (χ2n) is 12.8. The molecule has 42 heavy (non-hydrogen) atoms. The number of carboxylic acid groups (broad SMARTS) is 1. The molecule has 2 aromatic rings. The third kappa shape index (κ3) is 8.49. The number of piperidine rings is 1. The maximum atomic E-state index is 13.1. The topological polar surface area (TPSA) is 187 Å². The van der Waals surface area contributed by atoms with Crippen LogP contribution >= 0.6 is 11.8 Å². The van der Waals surface area contributed by atoms with Gasteiger partial charge in [0.05, 0.1) is 25.4 Å². The summed E-state index contributed by atoms with van der Waals surface area (Å²) in [5, 5.41) is 45.5. The first-order valence-corrected chi connectivity index (χ1v) is 16.1. The van der Waals surface area contributed by atoms with Gasteiger partial charge < -0.3 is 35.8 Å². The van der Waals surface area contributed by atoms with E-state index in [4.69, 9.17) is 21.1 Å². The highest BCUT2D eigenvalue weighted by molar-refractivity contribution is 8.00. The minimum Gasteiger partial charge on any atom is -0.507 e. The molecule has 1 saturated heterocycles. The molecule has 1 aromatic heterocycles. The average Bonchev–Trinajstić information content (AvgIpc) is 3.31. The number of aliphatic hydroxyl groups is 3. The summed E-state index contributed by atoms with van der Waals surface area (Å²) in [7, 11) is -2.31. The van der Waals surface area contributed by atoms with Crippen molar-refractivity contribution in [1.82, 2.24) is 8.87 Å². The molecule has 3 rings (SSSR count). The molecule has 7 N–H and O–H groups in total. The second kappa shape index (κ2) is 13.7. The highest BCUT2D eigenvalue weighted by atomic mass is 32.2. The first-order chi connectivity index (χ1) is 19.2. The van der Waals surface area contributed by atoms with E-state index in [1.165, 1.54) is 28.1 Å². The number of aliphatic hydroxyl groups excluding tert-OH is 3. The Hall–Kier alpha value is -2.13. The van der Waals surface area contributed by atoms with Gasteiger partial charge in [0.1, 0.15) is 11.4 Å². The van der Waals surface area contributed by atoms with Gasteiger partial charge in [0.15, 0.2) is 5.03 Å². The molecule has 1 aromatic carbocycles. The van der Waals surface area contributed by atoms with Crippen molar-refractivity contribution in [3.63, 3.8) is 0 Å². The van der Waals surface area contributed by atoms with Crippen molar-refractivity contribution in [2.75, 3.05) is 32.9 Å². The second-order valence-corrected chi connectivity index (χ2v) is 16.1. The number of carbonyl (C=O) groups is 1. The Kier molecular flexibility index (Phi) is 11.7. The number of nitrogens with two attached hydrogens (primary N) is 1. The molecule has 0 aliphatic carbocycles. The zero-order valence-corrected chi connectivity index (χ0v) is 27.2. The first kappa shape index (κ1) is 36.1. The Morgan fingerprint density at radius 3 is 1.74 bits per heavy atom. The Morgan fingerprint density at radius 2 is 1.40 bits per heavy atom. The molecule has 1 aliphatic heterocycles. The summed E-state index contributed by atoms with van der Waals surface area (Å²) in [6, 6.07) is 6.81. The summed E-state index contributed by atoms with van der Waals surface area (Å²) in [6.45, 7) is 12.1. The predicted molar refractivity (Wildman–Crippen MR) is 164 cm³/mol. The third-order valence-corrected chi connectivity index (χ3v) is 10.5. The Bertz CT molecular complexity index is 1290. The molecule has 13 heteroatoms. The lowest BCUT2D eigenvalue weighted by Gasteiger charge is -2.32. The lowest BCUT2D eigenvalue weighted by atomic mass is 9.79. The van der Waals surface area contributed by atoms with Gasteiger partial charge in [-0.25, -0.2) is 13.2 Å². The van der Waals surface area contributed by atoms with Crippen molar-refractivity contribution in [2.24, 2.45) is 12.8 Å². The lowest BCUT2D eigenvalue weighted by Crippen LogP contribution is -2.50. The summed E-state index contributed by atoms with van der Waals surface area (Å²) in [4.78, 5) is 12.4. The normalized spacial score (nSPS) is 15.8. The fourth-order valence-electron chi connectivity index (χ4n) is 4.45. The quantitative estimate of drug-likeness (QED) is 0.253. The minimum atomic E-state index is -3.77. The number of phenolic OH excluding ortho intramolecular Hbond substituents is 1. The van der Waals surface area contributed by atoms with Crippen molar-refractivity contribution in [1.29, 1.82) is 0 Å². The van der Waals surface area contributed by atoms with Crippen molar-refractivity contribution >= 4 is 27.8 Å². The molecule has 1 aliphatic rings. The molecule has 1 fully saturated rings. The molecule has 0 radical (unpaired) electrons. The smallest absolute Gasteiger partial charge is 0.352 e. The molecular formula is C29H47N3O8S2. The van der Waals surface area contributed by atoms with E-state index in [0.29, 0.717) is 31.7 Å². The maximum Gasteiger partial charge on any atom is 0.352 e. The number of rotatable bonds is 8. The number of hydrogen-bond acceptors (Lipinski definition) is 9. The monoisotopic (exact) mass is 629 g/mol. The van der Waals surface area contributed by atoms with E-state index in [1.807, 2.05) is 0 Å². The molecule has 11 nitrogen and oxygen atoms in total. The van der Waals surface area contributed by atoms with Crippen LogP contribution in [-0.2, 0) is 27.9 Å². The number of aromatic nitrogens is 1. The number of thioether (sulfide) groups is 1. The van der Waals surface area contributed by atoms with E-state index in [0.717, 1.165) is 16.0 Å². The molecule has 0 atom stereocenters. The van der Waals surface area contributed by atoms with Crippen LogP contribution in [0.1, 0.15) is 76.0 Å². The Labute approximate surface area is 253 Å². The van der Waals surface area contributed by atoms with Crippen LogP contribution in [0.25, 0.3) is 0 Å². The number of sulfonamides is 1. The molecule has 0 unspecified atom stereocenters. The summed E-state index contributed by atoms with van der Waals surface area (Å²) in [5.41, 5.74) is 5.30. The van der Waals surface area contributed by atoms with E-state index in [9.17, 15) is 23.4 Å². The number of aromatic hydroxyl groups is 1. The predicted octanol–water partition coefficient (Wildman–Crippen LogP) is 2.63. The third-order valence-electron chi connectivity index (χ3n) is 7.25. The summed E-state index contributed by atoms with van der Waals surface area (Å²) in [5.74, 6) is -0.800. The van der Waals surface area contributed by atoms with Gasteiger partial charge in [-0.05, 0) is 47.9 Å². The van der Waals surface area contributed by atoms with Crippen LogP contribution in [0.3, 0.4) is 0 Å². The van der Waals surface area contributed by atoms with Crippen LogP contribution < -0.4 is 5.73 Å². The van der Waals surface area contributed by atoms with Crippen LogP contribution in [0.4, 0.5) is 0 Å². The summed E-state index contributed by atoms with van der Waals surface area (Å²) >= 11 is 1.74.